The zero-order chi connectivity index (χ0) is 20.1. The van der Waals surface area contributed by atoms with E-state index < -0.39 is 5.97 Å². The Kier molecular flexibility index (Phi) is 5.79. The molecule has 4 aromatic rings. The van der Waals surface area contributed by atoms with E-state index in [1.807, 2.05) is 71.6 Å². The van der Waals surface area contributed by atoms with Crippen LogP contribution >= 0.6 is 11.3 Å². The smallest absolute Gasteiger partial charge is 0.317 e. The molecule has 0 amide bonds. The number of carboxylic acids is 1. The summed E-state index contributed by atoms with van der Waals surface area (Å²) >= 11 is 1.45. The maximum absolute atomic E-state index is 11.2. The number of carbonyl (C=O) groups is 1. The molecule has 0 aliphatic heterocycles. The monoisotopic (exact) mass is 405 g/mol. The van der Waals surface area contributed by atoms with Crippen molar-refractivity contribution in [3.05, 3.63) is 84.1 Å². The lowest BCUT2D eigenvalue weighted by Gasteiger charge is -2.20. The molecule has 0 aliphatic rings. The van der Waals surface area contributed by atoms with E-state index >= 15 is 0 Å². The minimum absolute atomic E-state index is 0.0220. The van der Waals surface area contributed by atoms with E-state index in [0.717, 1.165) is 15.8 Å². The Balaban J connectivity index is 1.43. The number of hydrogen-bond acceptors (Lipinski definition) is 6. The fourth-order valence-corrected chi connectivity index (χ4v) is 3.81. The predicted octanol–water partition coefficient (Wildman–Crippen LogP) is 4.57. The van der Waals surface area contributed by atoms with Gasteiger partial charge < -0.3 is 9.84 Å². The molecule has 4 rings (SSSR count). The first-order chi connectivity index (χ1) is 14.2. The van der Waals surface area contributed by atoms with Gasteiger partial charge >= 0.3 is 5.97 Å². The molecular formula is C22H19N3O3S. The third kappa shape index (κ3) is 5.16. The molecule has 146 valence electrons. The number of aliphatic carboxylic acids is 1. The highest BCUT2D eigenvalue weighted by Gasteiger charge is 2.12. The molecule has 0 fully saturated rings. The van der Waals surface area contributed by atoms with Gasteiger partial charge in [-0.2, -0.15) is 4.98 Å². The van der Waals surface area contributed by atoms with Crippen LogP contribution in [-0.2, 0) is 17.9 Å². The maximum atomic E-state index is 11.2. The number of nitrogens with zero attached hydrogens (tertiary/aromatic N) is 3. The van der Waals surface area contributed by atoms with Crippen molar-refractivity contribution in [1.82, 2.24) is 14.9 Å². The number of aromatic nitrogens is 2. The molecule has 0 saturated heterocycles. The van der Waals surface area contributed by atoms with Gasteiger partial charge in [-0.25, -0.2) is 4.98 Å². The molecule has 2 aromatic heterocycles. The van der Waals surface area contributed by atoms with Crippen molar-refractivity contribution >= 4 is 27.7 Å². The zero-order valence-electron chi connectivity index (χ0n) is 15.6. The lowest BCUT2D eigenvalue weighted by molar-refractivity contribution is -0.138. The molecule has 1 N–H and O–H groups in total. The third-order valence-corrected chi connectivity index (χ3v) is 5.18. The van der Waals surface area contributed by atoms with Crippen LogP contribution in [0.5, 0.6) is 10.9 Å². The number of pyridine rings is 1. The molecule has 2 heterocycles. The van der Waals surface area contributed by atoms with Gasteiger partial charge in [0.2, 0.25) is 0 Å². The Hall–Kier alpha value is -3.29. The van der Waals surface area contributed by atoms with Crippen LogP contribution in [0.3, 0.4) is 0 Å². The van der Waals surface area contributed by atoms with Gasteiger partial charge in [-0.05, 0) is 35.4 Å². The van der Waals surface area contributed by atoms with E-state index in [9.17, 15) is 9.90 Å². The van der Waals surface area contributed by atoms with Crippen molar-refractivity contribution in [2.45, 2.75) is 13.1 Å². The van der Waals surface area contributed by atoms with Crippen LogP contribution in [0.25, 0.3) is 10.3 Å². The fourth-order valence-electron chi connectivity index (χ4n) is 3.02. The standard InChI is InChI=1S/C22H19N3O3S/c26-20(27)15-25(13-16-5-2-1-3-6-16)14-17-8-10-18(11-9-17)28-22-24-21-19(29-22)7-4-12-23-21/h1-12H,13-15H2,(H,26,27). The van der Waals surface area contributed by atoms with Crippen molar-refractivity contribution in [2.75, 3.05) is 6.54 Å². The summed E-state index contributed by atoms with van der Waals surface area (Å²) in [5, 5.41) is 9.78. The van der Waals surface area contributed by atoms with Gasteiger partial charge in [0.15, 0.2) is 5.65 Å². The first-order valence-corrected chi connectivity index (χ1v) is 9.94. The van der Waals surface area contributed by atoms with Crippen molar-refractivity contribution in [2.24, 2.45) is 0 Å². The quantitative estimate of drug-likeness (QED) is 0.463. The second-order valence-corrected chi connectivity index (χ2v) is 7.57. The number of thiazole rings is 1. The molecule has 0 atom stereocenters. The van der Waals surface area contributed by atoms with Gasteiger partial charge in [0.05, 0.1) is 11.2 Å². The summed E-state index contributed by atoms with van der Waals surface area (Å²) in [7, 11) is 0. The summed E-state index contributed by atoms with van der Waals surface area (Å²) in [5.41, 5.74) is 2.77. The number of hydrogen-bond donors (Lipinski definition) is 1. The molecule has 7 heteroatoms. The second kappa shape index (κ2) is 8.81. The average Bonchev–Trinajstić information content (AvgIpc) is 3.12. The lowest BCUT2D eigenvalue weighted by atomic mass is 10.1. The molecule has 0 aliphatic carbocycles. The molecule has 0 radical (unpaired) electrons. The summed E-state index contributed by atoms with van der Waals surface area (Å²) < 4.78 is 6.82. The van der Waals surface area contributed by atoms with Gasteiger partial charge in [0, 0.05) is 19.3 Å². The number of fused-ring (bicyclic) bond motifs is 1. The molecule has 0 unspecified atom stereocenters. The molecule has 0 saturated carbocycles. The summed E-state index contributed by atoms with van der Waals surface area (Å²) in [4.78, 5) is 21.7. The Morgan fingerprint density at radius 3 is 2.38 bits per heavy atom. The van der Waals surface area contributed by atoms with Crippen LogP contribution in [0.1, 0.15) is 11.1 Å². The maximum Gasteiger partial charge on any atom is 0.317 e. The van der Waals surface area contributed by atoms with Gasteiger partial charge in [0.25, 0.3) is 5.19 Å². The van der Waals surface area contributed by atoms with Gasteiger partial charge in [-0.1, -0.05) is 53.8 Å². The molecular weight excluding hydrogens is 386 g/mol. The van der Waals surface area contributed by atoms with Crippen molar-refractivity contribution in [1.29, 1.82) is 0 Å². The largest absolute Gasteiger partial charge is 0.480 e. The highest BCUT2D eigenvalue weighted by molar-refractivity contribution is 7.20. The van der Waals surface area contributed by atoms with Crippen molar-refractivity contribution in [3.63, 3.8) is 0 Å². The predicted molar refractivity (Wildman–Crippen MR) is 112 cm³/mol. The number of benzene rings is 2. The van der Waals surface area contributed by atoms with Gasteiger partial charge in [0.1, 0.15) is 5.75 Å². The minimum Gasteiger partial charge on any atom is -0.480 e. The first-order valence-electron chi connectivity index (χ1n) is 9.12. The Bertz CT molecular complexity index is 1060. The second-order valence-electron chi connectivity index (χ2n) is 6.58. The van der Waals surface area contributed by atoms with Crippen molar-refractivity contribution < 1.29 is 14.6 Å². The first kappa shape index (κ1) is 19.0. The summed E-state index contributed by atoms with van der Waals surface area (Å²) in [6.45, 7) is 1.09. The number of carboxylic acid groups (broad SMARTS) is 1. The molecule has 29 heavy (non-hydrogen) atoms. The fraction of sp³-hybridized carbons (Fsp3) is 0.136. The Morgan fingerprint density at radius 1 is 0.966 bits per heavy atom. The SMILES string of the molecule is O=C(O)CN(Cc1ccccc1)Cc1ccc(Oc2nc3ncccc3s2)cc1. The van der Waals surface area contributed by atoms with E-state index in [2.05, 4.69) is 9.97 Å². The molecule has 6 nitrogen and oxygen atoms in total. The molecule has 2 aromatic carbocycles. The van der Waals surface area contributed by atoms with Crippen LogP contribution in [0, 0.1) is 0 Å². The number of ether oxygens (including phenoxy) is 1. The van der Waals surface area contributed by atoms with Crippen molar-refractivity contribution in [3.8, 4) is 10.9 Å². The highest BCUT2D eigenvalue weighted by Crippen LogP contribution is 2.30. The zero-order valence-corrected chi connectivity index (χ0v) is 16.4. The van der Waals surface area contributed by atoms with Crippen LogP contribution in [0.15, 0.2) is 72.9 Å². The van der Waals surface area contributed by atoms with E-state index in [1.54, 1.807) is 6.20 Å². The minimum atomic E-state index is -0.842. The van der Waals surface area contributed by atoms with Crippen LogP contribution in [-0.4, -0.2) is 32.5 Å². The summed E-state index contributed by atoms with van der Waals surface area (Å²) in [5.74, 6) is -0.161. The highest BCUT2D eigenvalue weighted by atomic mass is 32.1. The van der Waals surface area contributed by atoms with Gasteiger partial charge in [-0.3, -0.25) is 9.69 Å². The summed E-state index contributed by atoms with van der Waals surface area (Å²) in [6.07, 6.45) is 1.71. The Labute approximate surface area is 172 Å². The molecule has 0 spiro atoms. The van der Waals surface area contributed by atoms with Crippen LogP contribution in [0.2, 0.25) is 0 Å². The topological polar surface area (TPSA) is 75.5 Å². The van der Waals surface area contributed by atoms with E-state index in [1.165, 1.54) is 11.3 Å². The average molecular weight is 405 g/mol. The normalized spacial score (nSPS) is 11.1. The summed E-state index contributed by atoms with van der Waals surface area (Å²) in [6, 6.07) is 21.3. The number of rotatable bonds is 8. The van der Waals surface area contributed by atoms with E-state index in [0.29, 0.717) is 29.7 Å². The Morgan fingerprint density at radius 2 is 1.69 bits per heavy atom. The van der Waals surface area contributed by atoms with Gasteiger partial charge in [-0.15, -0.1) is 0 Å². The van der Waals surface area contributed by atoms with E-state index in [-0.39, 0.29) is 6.54 Å². The van der Waals surface area contributed by atoms with E-state index in [4.69, 9.17) is 4.74 Å². The van der Waals surface area contributed by atoms with Crippen LogP contribution in [0.4, 0.5) is 0 Å². The molecule has 0 bridgehead atoms. The third-order valence-electron chi connectivity index (χ3n) is 4.29. The van der Waals surface area contributed by atoms with Crippen LogP contribution < -0.4 is 4.74 Å². The lowest BCUT2D eigenvalue weighted by Crippen LogP contribution is -2.28.